The molecule has 2 amide bonds. The lowest BCUT2D eigenvalue weighted by molar-refractivity contribution is -0.119. The first-order chi connectivity index (χ1) is 24.7. The number of hydrogen-bond donors (Lipinski definition) is 2. The number of carbonyl (C=O) groups is 2. The molecule has 1 heterocycles. The number of urea groups is 1. The number of nitrogens with zero attached hydrogens (tertiary/aromatic N) is 2. The Labute approximate surface area is 320 Å². The third-order valence-corrected chi connectivity index (χ3v) is 12.4. The Bertz CT molecular complexity index is 677. The maximum Gasteiger partial charge on any atom is 0.314 e. The van der Waals surface area contributed by atoms with Gasteiger partial charge in [-0.2, -0.15) is 23.5 Å². The molecule has 0 aromatic carbocycles. The first-order valence-corrected chi connectivity index (χ1v) is 24.1. The van der Waals surface area contributed by atoms with Crippen LogP contribution in [-0.4, -0.2) is 97.0 Å². The van der Waals surface area contributed by atoms with Gasteiger partial charge in [0.05, 0.1) is 0 Å². The molecule has 1 saturated heterocycles. The second kappa shape index (κ2) is 38.3. The third kappa shape index (κ3) is 33.4. The minimum absolute atomic E-state index is 0.0178. The van der Waals surface area contributed by atoms with Crippen molar-refractivity contribution in [3.8, 4) is 0 Å². The number of thioether (sulfide) groups is 2. The quantitative estimate of drug-likeness (QED) is 0.0615. The molecule has 0 aliphatic carbocycles. The van der Waals surface area contributed by atoms with Gasteiger partial charge in [-0.05, 0) is 87.5 Å². The fourth-order valence-electron chi connectivity index (χ4n) is 6.72. The molecular formula is C42H84N4O2S2. The lowest BCUT2D eigenvalue weighted by Crippen LogP contribution is -2.47. The van der Waals surface area contributed by atoms with Crippen LogP contribution in [0.25, 0.3) is 0 Å². The Hall–Kier alpha value is -0.440. The molecule has 0 aromatic heterocycles. The van der Waals surface area contributed by atoms with E-state index in [0.29, 0.717) is 5.78 Å². The molecule has 2 N–H and O–H groups in total. The van der Waals surface area contributed by atoms with E-state index in [1.807, 2.05) is 11.8 Å². The molecule has 0 bridgehead atoms. The summed E-state index contributed by atoms with van der Waals surface area (Å²) in [7, 11) is 0. The summed E-state index contributed by atoms with van der Waals surface area (Å²) in [6.45, 7) is 12.7. The number of piperazine rings is 1. The van der Waals surface area contributed by atoms with Gasteiger partial charge in [-0.1, -0.05) is 117 Å². The summed E-state index contributed by atoms with van der Waals surface area (Å²) in [6.07, 6.45) is 33.2. The van der Waals surface area contributed by atoms with E-state index >= 15 is 0 Å². The van der Waals surface area contributed by atoms with Crippen LogP contribution in [0.1, 0.15) is 181 Å². The smallest absolute Gasteiger partial charge is 0.314 e. The van der Waals surface area contributed by atoms with E-state index in [9.17, 15) is 9.59 Å². The van der Waals surface area contributed by atoms with Crippen molar-refractivity contribution in [3.05, 3.63) is 0 Å². The fourth-order valence-corrected chi connectivity index (χ4v) is 8.70. The minimum atomic E-state index is -0.0178. The van der Waals surface area contributed by atoms with Gasteiger partial charge in [-0.15, -0.1) is 0 Å². The summed E-state index contributed by atoms with van der Waals surface area (Å²) in [4.78, 5) is 29.5. The molecular weight excluding hydrogens is 657 g/mol. The van der Waals surface area contributed by atoms with Crippen LogP contribution in [0.3, 0.4) is 0 Å². The predicted molar refractivity (Wildman–Crippen MR) is 225 cm³/mol. The molecule has 0 spiro atoms. The second-order valence-corrected chi connectivity index (χ2v) is 17.4. The summed E-state index contributed by atoms with van der Waals surface area (Å²) in [5.74, 6) is 5.39. The van der Waals surface area contributed by atoms with Crippen LogP contribution in [0.5, 0.6) is 0 Å². The molecule has 6 nitrogen and oxygen atoms in total. The Morgan fingerprint density at radius 2 is 0.800 bits per heavy atom. The highest BCUT2D eigenvalue weighted by molar-refractivity contribution is 7.99. The minimum Gasteiger partial charge on any atom is -0.338 e. The van der Waals surface area contributed by atoms with Crippen LogP contribution in [0.15, 0.2) is 0 Å². The van der Waals surface area contributed by atoms with Gasteiger partial charge < -0.3 is 20.4 Å². The molecule has 0 unspecified atom stereocenters. The van der Waals surface area contributed by atoms with E-state index in [1.165, 1.54) is 139 Å². The maximum atomic E-state index is 12.3. The van der Waals surface area contributed by atoms with Gasteiger partial charge in [0.25, 0.3) is 0 Å². The van der Waals surface area contributed by atoms with Crippen molar-refractivity contribution in [3.63, 3.8) is 0 Å². The van der Waals surface area contributed by atoms with Crippen LogP contribution >= 0.6 is 23.5 Å². The molecule has 0 radical (unpaired) electrons. The molecule has 1 rings (SSSR count). The zero-order valence-electron chi connectivity index (χ0n) is 33.4. The molecule has 0 aromatic rings. The highest BCUT2D eigenvalue weighted by Crippen LogP contribution is 2.15. The first kappa shape index (κ1) is 47.6. The predicted octanol–water partition coefficient (Wildman–Crippen LogP) is 11.1. The molecule has 0 atom stereocenters. The van der Waals surface area contributed by atoms with Crippen LogP contribution in [-0.2, 0) is 4.79 Å². The number of hydrogen-bond acceptors (Lipinski definition) is 6. The molecule has 1 aliphatic rings. The summed E-state index contributed by atoms with van der Waals surface area (Å²) < 4.78 is 0. The lowest BCUT2D eigenvalue weighted by atomic mass is 10.1. The largest absolute Gasteiger partial charge is 0.338 e. The monoisotopic (exact) mass is 741 g/mol. The molecule has 296 valence electrons. The van der Waals surface area contributed by atoms with Gasteiger partial charge in [0.15, 0.2) is 0 Å². The molecule has 1 fully saturated rings. The van der Waals surface area contributed by atoms with Gasteiger partial charge >= 0.3 is 6.03 Å². The standard InChI is InChI=1S/C42H84N4O2S2/c1-3-5-7-9-11-13-15-17-22-37-49-39-24-20-28-41(47)27-19-21-31-45-33-35-46(36-34-45)32-25-29-43-42(48)44-30-26-40-50-38-23-18-16-14-12-10-8-6-4-2/h3-40H2,1-2H3,(H2,43,44,48). The second-order valence-electron chi connectivity index (χ2n) is 14.9. The average Bonchev–Trinajstić information content (AvgIpc) is 3.12. The number of rotatable bonds is 38. The molecule has 0 saturated carbocycles. The van der Waals surface area contributed by atoms with Crippen molar-refractivity contribution < 1.29 is 9.59 Å². The normalized spacial score (nSPS) is 14.0. The van der Waals surface area contributed by atoms with E-state index in [0.717, 1.165) is 103 Å². The third-order valence-electron chi connectivity index (χ3n) is 10.1. The van der Waals surface area contributed by atoms with Crippen LogP contribution in [0, 0.1) is 0 Å². The van der Waals surface area contributed by atoms with Gasteiger partial charge in [-0.3, -0.25) is 4.79 Å². The van der Waals surface area contributed by atoms with E-state index in [1.54, 1.807) is 0 Å². The molecule has 50 heavy (non-hydrogen) atoms. The van der Waals surface area contributed by atoms with Crippen molar-refractivity contribution in [1.29, 1.82) is 0 Å². The van der Waals surface area contributed by atoms with Crippen molar-refractivity contribution in [1.82, 2.24) is 20.4 Å². The zero-order valence-corrected chi connectivity index (χ0v) is 35.0. The Morgan fingerprint density at radius 1 is 0.440 bits per heavy atom. The van der Waals surface area contributed by atoms with Gasteiger partial charge in [0.2, 0.25) is 0 Å². The Balaban J connectivity index is 1.81. The van der Waals surface area contributed by atoms with E-state index in [2.05, 4.69) is 46.0 Å². The Morgan fingerprint density at radius 3 is 1.28 bits per heavy atom. The van der Waals surface area contributed by atoms with Gasteiger partial charge in [-0.25, -0.2) is 4.79 Å². The van der Waals surface area contributed by atoms with Crippen molar-refractivity contribution >= 4 is 35.3 Å². The number of nitrogens with one attached hydrogen (secondary N) is 2. The van der Waals surface area contributed by atoms with Crippen LogP contribution < -0.4 is 10.6 Å². The van der Waals surface area contributed by atoms with E-state index in [-0.39, 0.29) is 6.03 Å². The number of carbonyl (C=O) groups excluding carboxylic acids is 2. The Kier molecular flexibility index (Phi) is 36.4. The number of unbranched alkanes of at least 4 members (excludes halogenated alkanes) is 18. The number of Topliss-reactive ketones (excluding diaryl/α,β-unsaturated/α-hetero) is 1. The number of ketones is 1. The lowest BCUT2D eigenvalue weighted by Gasteiger charge is -2.34. The van der Waals surface area contributed by atoms with Crippen molar-refractivity contribution in [2.45, 2.75) is 181 Å². The highest BCUT2D eigenvalue weighted by Gasteiger charge is 2.16. The fraction of sp³-hybridized carbons (Fsp3) is 0.952. The highest BCUT2D eigenvalue weighted by atomic mass is 32.2. The van der Waals surface area contributed by atoms with Gasteiger partial charge in [0, 0.05) is 52.1 Å². The van der Waals surface area contributed by atoms with E-state index < -0.39 is 0 Å². The van der Waals surface area contributed by atoms with Crippen molar-refractivity contribution in [2.75, 3.05) is 75.4 Å². The molecule has 8 heteroatoms. The zero-order chi connectivity index (χ0) is 36.0. The SMILES string of the molecule is CCCCCCCCCCCSCCCCC(=O)CCCCN1CCN(CCCNC(=O)NCCCSCCCCCCCCCCC)CC1. The summed E-state index contributed by atoms with van der Waals surface area (Å²) >= 11 is 4.13. The maximum absolute atomic E-state index is 12.3. The van der Waals surface area contributed by atoms with Crippen molar-refractivity contribution in [2.24, 2.45) is 0 Å². The van der Waals surface area contributed by atoms with E-state index in [4.69, 9.17) is 0 Å². The topological polar surface area (TPSA) is 64.7 Å². The summed E-state index contributed by atoms with van der Waals surface area (Å²) in [6, 6.07) is -0.0178. The summed E-state index contributed by atoms with van der Waals surface area (Å²) in [5, 5.41) is 6.06. The van der Waals surface area contributed by atoms with Crippen LogP contribution in [0.4, 0.5) is 4.79 Å². The number of amides is 2. The first-order valence-electron chi connectivity index (χ1n) is 21.8. The van der Waals surface area contributed by atoms with Gasteiger partial charge in [0.1, 0.15) is 5.78 Å². The van der Waals surface area contributed by atoms with Crippen LogP contribution in [0.2, 0.25) is 0 Å². The molecule has 1 aliphatic heterocycles. The summed E-state index contributed by atoms with van der Waals surface area (Å²) in [5.41, 5.74) is 0. The average molecular weight is 741 g/mol.